The van der Waals surface area contributed by atoms with Crippen LogP contribution in [0.15, 0.2) is 59.2 Å². The van der Waals surface area contributed by atoms with Gasteiger partial charge in [-0.3, -0.25) is 14.9 Å². The van der Waals surface area contributed by atoms with E-state index in [1.807, 2.05) is 24.3 Å². The zero-order valence-electron chi connectivity index (χ0n) is 18.7. The highest BCUT2D eigenvalue weighted by atomic mass is 35.5. The molecule has 11 heteroatoms. The summed E-state index contributed by atoms with van der Waals surface area (Å²) in [6.45, 7) is 2.62. The molecule has 0 atom stereocenters. The molecule has 8 nitrogen and oxygen atoms in total. The summed E-state index contributed by atoms with van der Waals surface area (Å²) < 4.78 is 10.4. The van der Waals surface area contributed by atoms with Crippen molar-refractivity contribution in [2.24, 2.45) is 0 Å². The van der Waals surface area contributed by atoms with Crippen molar-refractivity contribution in [3.8, 4) is 5.75 Å². The van der Waals surface area contributed by atoms with E-state index in [1.54, 1.807) is 17.0 Å². The standard InChI is InChI=1S/C24H22Cl2N4O4S/c1-33-21-18(13-15(25)14-19(21)26)22(31)28-24(35)27-16-4-6-17(7-5-16)29-8-10-30(11-9-29)23(32)20-3-2-12-34-20/h2-7,12-14H,8-11H2,1H3,(H2,27,28,31,35). The summed E-state index contributed by atoms with van der Waals surface area (Å²) in [6.07, 6.45) is 1.50. The summed E-state index contributed by atoms with van der Waals surface area (Å²) in [5.74, 6) is -0.0229. The number of anilines is 2. The fraction of sp³-hybridized carbons (Fsp3) is 0.208. The van der Waals surface area contributed by atoms with Gasteiger partial charge in [-0.15, -0.1) is 0 Å². The molecule has 35 heavy (non-hydrogen) atoms. The van der Waals surface area contributed by atoms with E-state index in [-0.39, 0.29) is 27.4 Å². The summed E-state index contributed by atoms with van der Waals surface area (Å²) >= 11 is 17.4. The molecule has 3 aromatic rings. The Kier molecular flexibility index (Phi) is 7.80. The second kappa shape index (κ2) is 11.0. The van der Waals surface area contributed by atoms with Crippen LogP contribution in [0.1, 0.15) is 20.9 Å². The number of rotatable bonds is 5. The van der Waals surface area contributed by atoms with E-state index in [4.69, 9.17) is 44.6 Å². The maximum absolute atomic E-state index is 12.7. The molecule has 0 radical (unpaired) electrons. The normalized spacial score (nSPS) is 13.3. The van der Waals surface area contributed by atoms with Crippen molar-refractivity contribution in [1.29, 1.82) is 0 Å². The number of carbonyl (C=O) groups is 2. The van der Waals surface area contributed by atoms with E-state index in [0.29, 0.717) is 42.6 Å². The molecule has 0 bridgehead atoms. The summed E-state index contributed by atoms with van der Waals surface area (Å²) in [7, 11) is 1.42. The van der Waals surface area contributed by atoms with Crippen LogP contribution in [0.4, 0.5) is 11.4 Å². The molecule has 1 saturated heterocycles. The lowest BCUT2D eigenvalue weighted by atomic mass is 10.2. The molecule has 1 fully saturated rings. The molecule has 0 aliphatic carbocycles. The van der Waals surface area contributed by atoms with E-state index < -0.39 is 5.91 Å². The number of thiocarbonyl (C=S) groups is 1. The first-order valence-electron chi connectivity index (χ1n) is 10.7. The summed E-state index contributed by atoms with van der Waals surface area (Å²) in [4.78, 5) is 29.1. The zero-order valence-corrected chi connectivity index (χ0v) is 21.0. The van der Waals surface area contributed by atoms with Crippen LogP contribution in [0, 0.1) is 0 Å². The van der Waals surface area contributed by atoms with Crippen molar-refractivity contribution >= 4 is 63.7 Å². The Labute approximate surface area is 217 Å². The first-order valence-corrected chi connectivity index (χ1v) is 11.9. The van der Waals surface area contributed by atoms with Gasteiger partial charge in [-0.25, -0.2) is 0 Å². The smallest absolute Gasteiger partial charge is 0.289 e. The molecule has 4 rings (SSSR count). The number of benzene rings is 2. The van der Waals surface area contributed by atoms with Crippen molar-refractivity contribution in [2.75, 3.05) is 43.5 Å². The average molecular weight is 533 g/mol. The van der Waals surface area contributed by atoms with E-state index in [2.05, 4.69) is 15.5 Å². The van der Waals surface area contributed by atoms with Gasteiger partial charge in [0.1, 0.15) is 5.75 Å². The molecule has 1 aliphatic heterocycles. The molecular formula is C24H22Cl2N4O4S. The maximum atomic E-state index is 12.7. The summed E-state index contributed by atoms with van der Waals surface area (Å²) in [5.41, 5.74) is 1.91. The predicted molar refractivity (Wildman–Crippen MR) is 140 cm³/mol. The Bertz CT molecular complexity index is 1230. The number of methoxy groups -OCH3 is 1. The second-order valence-electron chi connectivity index (χ2n) is 7.68. The van der Waals surface area contributed by atoms with Crippen molar-refractivity contribution in [2.45, 2.75) is 0 Å². The van der Waals surface area contributed by atoms with Crippen LogP contribution in [0.5, 0.6) is 5.75 Å². The molecule has 2 heterocycles. The highest BCUT2D eigenvalue weighted by molar-refractivity contribution is 7.80. The van der Waals surface area contributed by atoms with E-state index >= 15 is 0 Å². The predicted octanol–water partition coefficient (Wildman–Crippen LogP) is 4.68. The Morgan fingerprint density at radius 1 is 1.06 bits per heavy atom. The Balaban J connectivity index is 1.31. The number of nitrogens with zero attached hydrogens (tertiary/aromatic N) is 2. The van der Waals surface area contributed by atoms with E-state index in [1.165, 1.54) is 25.5 Å². The Morgan fingerprint density at radius 3 is 2.40 bits per heavy atom. The van der Waals surface area contributed by atoms with E-state index in [9.17, 15) is 9.59 Å². The molecule has 1 aliphatic rings. The lowest BCUT2D eigenvalue weighted by Gasteiger charge is -2.35. The lowest BCUT2D eigenvalue weighted by molar-refractivity contribution is 0.0714. The lowest BCUT2D eigenvalue weighted by Crippen LogP contribution is -2.48. The van der Waals surface area contributed by atoms with Crippen LogP contribution in [0.3, 0.4) is 0 Å². The molecule has 0 spiro atoms. The Hall–Kier alpha value is -3.27. The first kappa shape index (κ1) is 24.8. The number of furan rings is 1. The molecular weight excluding hydrogens is 511 g/mol. The van der Waals surface area contributed by atoms with Crippen LogP contribution in [-0.4, -0.2) is 55.1 Å². The topological polar surface area (TPSA) is 87.0 Å². The van der Waals surface area contributed by atoms with E-state index in [0.717, 1.165) is 5.69 Å². The minimum atomic E-state index is -0.498. The van der Waals surface area contributed by atoms with Gasteiger partial charge in [0, 0.05) is 42.6 Å². The van der Waals surface area contributed by atoms with Gasteiger partial charge in [0.05, 0.1) is 24.0 Å². The number of hydrogen-bond donors (Lipinski definition) is 2. The third kappa shape index (κ3) is 5.87. The average Bonchev–Trinajstić information content (AvgIpc) is 3.39. The van der Waals surface area contributed by atoms with Crippen molar-refractivity contribution < 1.29 is 18.7 Å². The highest BCUT2D eigenvalue weighted by Gasteiger charge is 2.24. The Morgan fingerprint density at radius 2 is 1.77 bits per heavy atom. The number of amides is 2. The molecule has 2 aromatic carbocycles. The zero-order chi connectivity index (χ0) is 24.9. The van der Waals surface area contributed by atoms with Gasteiger partial charge in [-0.1, -0.05) is 23.2 Å². The van der Waals surface area contributed by atoms with Crippen molar-refractivity contribution in [1.82, 2.24) is 10.2 Å². The minimum Gasteiger partial charge on any atom is -0.494 e. The van der Waals surface area contributed by atoms with Crippen LogP contribution in [-0.2, 0) is 0 Å². The van der Waals surface area contributed by atoms with Gasteiger partial charge in [0.25, 0.3) is 11.8 Å². The number of halogens is 2. The fourth-order valence-electron chi connectivity index (χ4n) is 3.75. The van der Waals surface area contributed by atoms with Gasteiger partial charge in [0.15, 0.2) is 10.9 Å². The molecule has 0 saturated carbocycles. The summed E-state index contributed by atoms with van der Waals surface area (Å²) in [6, 6.07) is 14.0. The minimum absolute atomic E-state index is 0.0950. The fourth-order valence-corrected chi connectivity index (χ4v) is 4.53. The van der Waals surface area contributed by atoms with Gasteiger partial charge in [0.2, 0.25) is 0 Å². The second-order valence-corrected chi connectivity index (χ2v) is 8.93. The van der Waals surface area contributed by atoms with Gasteiger partial charge in [-0.05, 0) is 60.7 Å². The quantitative estimate of drug-likeness (QED) is 0.461. The van der Waals surface area contributed by atoms with Crippen LogP contribution < -0.4 is 20.3 Å². The van der Waals surface area contributed by atoms with Crippen LogP contribution >= 0.6 is 35.4 Å². The van der Waals surface area contributed by atoms with Crippen molar-refractivity contribution in [3.05, 3.63) is 76.2 Å². The highest BCUT2D eigenvalue weighted by Crippen LogP contribution is 2.32. The van der Waals surface area contributed by atoms with Gasteiger partial charge >= 0.3 is 0 Å². The third-order valence-electron chi connectivity index (χ3n) is 5.47. The third-order valence-corrected chi connectivity index (χ3v) is 6.18. The monoisotopic (exact) mass is 532 g/mol. The molecule has 182 valence electrons. The molecule has 2 N–H and O–H groups in total. The van der Waals surface area contributed by atoms with Crippen LogP contribution in [0.25, 0.3) is 0 Å². The number of nitrogens with one attached hydrogen (secondary N) is 2. The molecule has 0 unspecified atom stereocenters. The van der Waals surface area contributed by atoms with Crippen LogP contribution in [0.2, 0.25) is 10.0 Å². The molecule has 2 amide bonds. The number of carbonyl (C=O) groups excluding carboxylic acids is 2. The van der Waals surface area contributed by atoms with Gasteiger partial charge in [-0.2, -0.15) is 0 Å². The number of piperazine rings is 1. The molecule has 1 aromatic heterocycles. The number of hydrogen-bond acceptors (Lipinski definition) is 6. The first-order chi connectivity index (χ1) is 16.9. The largest absolute Gasteiger partial charge is 0.494 e. The summed E-state index contributed by atoms with van der Waals surface area (Å²) in [5, 5.41) is 6.25. The SMILES string of the molecule is COc1c(Cl)cc(Cl)cc1C(=O)NC(=S)Nc1ccc(N2CCN(C(=O)c3ccco3)CC2)cc1. The maximum Gasteiger partial charge on any atom is 0.289 e. The van der Waals surface area contributed by atoms with Crippen molar-refractivity contribution in [3.63, 3.8) is 0 Å². The van der Waals surface area contributed by atoms with Gasteiger partial charge < -0.3 is 24.3 Å². The number of ether oxygens (including phenoxy) is 1.